The first-order valence-corrected chi connectivity index (χ1v) is 16.6. The van der Waals surface area contributed by atoms with Crippen molar-refractivity contribution in [3.63, 3.8) is 0 Å². The third-order valence-electron chi connectivity index (χ3n) is 7.75. The maximum absolute atomic E-state index is 14.0. The highest BCUT2D eigenvalue weighted by Gasteiger charge is 2.36. The quantitative estimate of drug-likeness (QED) is 0.131. The molecule has 13 nitrogen and oxygen atoms in total. The number of rotatable bonds is 6. The van der Waals surface area contributed by atoms with Gasteiger partial charge in [0.05, 0.1) is 14.7 Å². The number of benzene rings is 4. The van der Waals surface area contributed by atoms with Gasteiger partial charge in [-0.15, -0.1) is 0 Å². The molecule has 15 heteroatoms. The topological polar surface area (TPSA) is 233 Å². The van der Waals surface area contributed by atoms with E-state index in [0.29, 0.717) is 0 Å². The number of carbonyl (C=O) groups excluding carboxylic acids is 3. The summed E-state index contributed by atoms with van der Waals surface area (Å²) in [5, 5.41) is 21.0. The fraction of sp³-hybridized carbons (Fsp3) is 0. The first-order valence-electron chi connectivity index (χ1n) is 13.7. The van der Waals surface area contributed by atoms with Crippen LogP contribution >= 0.6 is 0 Å². The highest BCUT2D eigenvalue weighted by molar-refractivity contribution is 7.92. The molecule has 0 aliphatic heterocycles. The number of Topliss-reactive ketones (excluding diaryl/α,β-unsaturated/α-hetero) is 2. The van der Waals surface area contributed by atoms with E-state index in [9.17, 15) is 41.4 Å². The van der Waals surface area contributed by atoms with Crippen molar-refractivity contribution in [2.75, 3.05) is 0 Å². The van der Waals surface area contributed by atoms with Crippen molar-refractivity contribution in [1.82, 2.24) is 0 Å². The molecule has 2 aliphatic rings. The first kappa shape index (κ1) is 31.6. The van der Waals surface area contributed by atoms with Crippen LogP contribution in [0.25, 0.3) is 23.2 Å². The van der Waals surface area contributed by atoms with E-state index in [0.717, 1.165) is 48.5 Å². The van der Waals surface area contributed by atoms with Gasteiger partial charge in [-0.1, -0.05) is 24.3 Å². The maximum atomic E-state index is 14.0. The Balaban J connectivity index is 1.42. The SMILES string of the molecule is [N-]=[N+]=C1C=Cc2c(cccc2S(=O)(=O)c2ccc(C(=O)c3ccc(O)c(O)c3S(=O)(=O)c3cccc4c3C=CC(=[N+]=[N-])C4=O)cc2)C1=O. The summed E-state index contributed by atoms with van der Waals surface area (Å²) in [7, 11) is -9.12. The lowest BCUT2D eigenvalue weighted by atomic mass is 9.95. The van der Waals surface area contributed by atoms with Gasteiger partial charge < -0.3 is 21.3 Å². The van der Waals surface area contributed by atoms with Crippen LogP contribution in [0.5, 0.6) is 11.5 Å². The van der Waals surface area contributed by atoms with Crippen molar-refractivity contribution in [2.45, 2.75) is 19.6 Å². The van der Waals surface area contributed by atoms with E-state index < -0.39 is 63.9 Å². The zero-order valence-electron chi connectivity index (χ0n) is 24.1. The van der Waals surface area contributed by atoms with Crippen LogP contribution in [0.3, 0.4) is 0 Å². The Morgan fingerprint density at radius 3 is 1.62 bits per heavy atom. The molecule has 0 amide bonds. The lowest BCUT2D eigenvalue weighted by Gasteiger charge is -2.17. The van der Waals surface area contributed by atoms with Gasteiger partial charge in [-0.25, -0.2) is 16.8 Å². The summed E-state index contributed by atoms with van der Waals surface area (Å²) >= 11 is 0. The standard InChI is InChI=1S/C33H18N4O9S2/c34-36-24-14-11-19-21(30(24)40)3-1-5-27(19)47(43,44)18-9-7-17(8-10-18)29(39)23-13-16-26(38)32(42)33(23)48(45,46)28-6-2-4-22-20(28)12-15-25(37-35)31(22)41/h1-16,38,42H. The second-order valence-electron chi connectivity index (χ2n) is 10.4. The molecule has 6 rings (SSSR count). The van der Waals surface area contributed by atoms with E-state index in [1.807, 2.05) is 0 Å². The number of hydrogen-bond acceptors (Lipinski definition) is 9. The van der Waals surface area contributed by atoms with Crippen LogP contribution in [0.1, 0.15) is 47.8 Å². The van der Waals surface area contributed by atoms with Gasteiger partial charge in [0.25, 0.3) is 11.6 Å². The zero-order chi connectivity index (χ0) is 34.5. The largest absolute Gasteiger partial charge is 0.504 e. The molecule has 0 atom stereocenters. The fourth-order valence-corrected chi connectivity index (χ4v) is 8.62. The van der Waals surface area contributed by atoms with Crippen LogP contribution in [0.2, 0.25) is 0 Å². The van der Waals surface area contributed by atoms with Crippen LogP contribution in [0.4, 0.5) is 0 Å². The molecule has 48 heavy (non-hydrogen) atoms. The summed E-state index contributed by atoms with van der Waals surface area (Å²) in [6, 6.07) is 14.1. The number of fused-ring (bicyclic) bond motifs is 2. The Morgan fingerprint density at radius 2 is 1.12 bits per heavy atom. The minimum absolute atomic E-state index is 0.000516. The Kier molecular flexibility index (Phi) is 7.54. The summed E-state index contributed by atoms with van der Waals surface area (Å²) in [4.78, 5) is 42.9. The van der Waals surface area contributed by atoms with Gasteiger partial charge in [0.1, 0.15) is 4.90 Å². The molecule has 0 saturated heterocycles. The number of ketones is 3. The number of sulfone groups is 2. The second-order valence-corrected chi connectivity index (χ2v) is 14.2. The molecule has 0 bridgehead atoms. The molecular formula is C33H18N4O9S2. The minimum atomic E-state index is -4.84. The van der Waals surface area contributed by atoms with Gasteiger partial charge in [-0.05, 0) is 60.7 Å². The normalized spacial score (nSPS) is 13.8. The third-order valence-corrected chi connectivity index (χ3v) is 11.5. The van der Waals surface area contributed by atoms with E-state index in [-0.39, 0.29) is 49.0 Å². The second kappa shape index (κ2) is 11.5. The van der Waals surface area contributed by atoms with Gasteiger partial charge >= 0.3 is 11.4 Å². The minimum Gasteiger partial charge on any atom is -0.504 e. The number of hydrogen-bond donors (Lipinski definition) is 2. The third kappa shape index (κ3) is 4.83. The molecular weight excluding hydrogens is 661 g/mol. The molecule has 236 valence electrons. The van der Waals surface area contributed by atoms with Crippen molar-refractivity contribution in [2.24, 2.45) is 0 Å². The summed E-state index contributed by atoms with van der Waals surface area (Å²) < 4.78 is 55.3. The Hall–Kier alpha value is -6.37. The molecule has 0 fully saturated rings. The predicted octanol–water partition coefficient (Wildman–Crippen LogP) is 3.76. The number of phenolic OH excluding ortho intramolecular Hbond substituents is 2. The molecule has 2 aliphatic carbocycles. The molecule has 0 unspecified atom stereocenters. The zero-order valence-corrected chi connectivity index (χ0v) is 25.7. The maximum Gasteiger partial charge on any atom is 0.362 e. The van der Waals surface area contributed by atoms with E-state index in [1.165, 1.54) is 48.6 Å². The van der Waals surface area contributed by atoms with E-state index >= 15 is 0 Å². The van der Waals surface area contributed by atoms with Gasteiger partial charge in [-0.3, -0.25) is 14.4 Å². The number of phenols is 2. The van der Waals surface area contributed by atoms with Crippen molar-refractivity contribution in [3.8, 4) is 11.5 Å². The monoisotopic (exact) mass is 678 g/mol. The smallest absolute Gasteiger partial charge is 0.362 e. The molecule has 0 saturated carbocycles. The van der Waals surface area contributed by atoms with Crippen molar-refractivity contribution < 1.29 is 51.0 Å². The molecule has 0 spiro atoms. The van der Waals surface area contributed by atoms with Crippen LogP contribution in [-0.2, 0) is 19.7 Å². The van der Waals surface area contributed by atoms with E-state index in [1.54, 1.807) is 0 Å². The van der Waals surface area contributed by atoms with Crippen LogP contribution in [0.15, 0.2) is 105 Å². The fourth-order valence-electron chi connectivity index (χ4n) is 5.40. The van der Waals surface area contributed by atoms with Crippen LogP contribution in [0, 0.1) is 0 Å². The lowest BCUT2D eigenvalue weighted by Crippen LogP contribution is -2.20. The highest BCUT2D eigenvalue weighted by Crippen LogP contribution is 2.41. The molecule has 0 heterocycles. The number of nitrogens with zero attached hydrogens (tertiary/aromatic N) is 4. The first-order chi connectivity index (χ1) is 22.8. The summed E-state index contributed by atoms with van der Waals surface area (Å²) in [6.07, 6.45) is 4.80. The van der Waals surface area contributed by atoms with Crippen molar-refractivity contribution >= 4 is 60.6 Å². The van der Waals surface area contributed by atoms with Gasteiger partial charge in [0, 0.05) is 45.5 Å². The van der Waals surface area contributed by atoms with Crippen molar-refractivity contribution in [1.29, 1.82) is 0 Å². The van der Waals surface area contributed by atoms with Crippen LogP contribution in [-0.4, -0.2) is 65.4 Å². The number of carbonyl (C=O) groups is 3. The van der Waals surface area contributed by atoms with Gasteiger partial charge in [0.15, 0.2) is 17.3 Å². The van der Waals surface area contributed by atoms with Crippen molar-refractivity contribution in [3.05, 3.63) is 129 Å². The lowest BCUT2D eigenvalue weighted by molar-refractivity contribution is -0.00459. The van der Waals surface area contributed by atoms with E-state index in [2.05, 4.69) is 9.58 Å². The number of aromatic hydroxyl groups is 2. The summed E-state index contributed by atoms with van der Waals surface area (Å²) in [6.45, 7) is 0. The summed E-state index contributed by atoms with van der Waals surface area (Å²) in [5.74, 6) is -4.40. The molecule has 4 aromatic rings. The molecule has 4 aromatic carbocycles. The Morgan fingerprint density at radius 1 is 0.625 bits per heavy atom. The average Bonchev–Trinajstić information content (AvgIpc) is 3.09. The average molecular weight is 679 g/mol. The molecule has 0 aromatic heterocycles. The Bertz CT molecular complexity index is 2560. The Labute approximate surface area is 271 Å². The van der Waals surface area contributed by atoms with Gasteiger partial charge in [-0.2, -0.15) is 9.58 Å². The predicted molar refractivity (Wildman–Crippen MR) is 167 cm³/mol. The van der Waals surface area contributed by atoms with Gasteiger partial charge in [0.2, 0.25) is 19.7 Å². The molecule has 0 radical (unpaired) electrons. The van der Waals surface area contributed by atoms with Crippen LogP contribution < -0.4 is 0 Å². The van der Waals surface area contributed by atoms with E-state index in [4.69, 9.17) is 11.1 Å². The number of allylic oxidation sites excluding steroid dienone is 2. The molecule has 2 N–H and O–H groups in total. The summed E-state index contributed by atoms with van der Waals surface area (Å²) in [5.41, 5.74) is 16.6. The highest BCUT2D eigenvalue weighted by atomic mass is 32.2.